The summed E-state index contributed by atoms with van der Waals surface area (Å²) in [5.41, 5.74) is 0. The Morgan fingerprint density at radius 1 is 1.17 bits per heavy atom. The van der Waals surface area contributed by atoms with Crippen LogP contribution in [0.1, 0.15) is 6.92 Å². The molecule has 1 aliphatic rings. The summed E-state index contributed by atoms with van der Waals surface area (Å²) in [5.74, 6) is 0.387. The second-order valence-electron chi connectivity index (χ2n) is 6.51. The molecule has 1 fully saturated rings. The van der Waals surface area contributed by atoms with E-state index < -0.39 is 6.10 Å². The molecule has 1 amide bonds. The predicted octanol–water partition coefficient (Wildman–Crippen LogP) is 4.69. The van der Waals surface area contributed by atoms with Crippen molar-refractivity contribution in [2.75, 3.05) is 31.1 Å². The highest BCUT2D eigenvalue weighted by molar-refractivity contribution is 7.22. The van der Waals surface area contributed by atoms with Gasteiger partial charge < -0.3 is 14.5 Å². The zero-order valence-electron chi connectivity index (χ0n) is 15.5. The molecule has 0 aliphatic carbocycles. The number of hydrogen-bond acceptors (Lipinski definition) is 7. The number of carbonyl (C=O) groups is 1. The zero-order valence-corrected chi connectivity index (χ0v) is 18.7. The van der Waals surface area contributed by atoms with E-state index in [0.717, 1.165) is 15.0 Å². The van der Waals surface area contributed by atoms with Crippen molar-refractivity contribution in [1.29, 1.82) is 0 Å². The molecule has 1 saturated heterocycles. The molecule has 3 aromatic rings. The van der Waals surface area contributed by atoms with Crippen LogP contribution in [0.4, 0.5) is 5.13 Å². The number of thiophene rings is 1. The van der Waals surface area contributed by atoms with Crippen LogP contribution in [0.3, 0.4) is 0 Å². The normalized spacial score (nSPS) is 15.4. The Balaban J connectivity index is 1.33. The van der Waals surface area contributed by atoms with Crippen molar-refractivity contribution < 1.29 is 9.53 Å². The SMILES string of the molecule is CC(Oc1ccc(Cl)cc1Cl)C(=O)N1CCN(c2nnc(-c3cccs3)s2)CC1. The fourth-order valence-electron chi connectivity index (χ4n) is 3.03. The topological polar surface area (TPSA) is 58.6 Å². The molecule has 0 radical (unpaired) electrons. The minimum Gasteiger partial charge on any atom is -0.479 e. The molecule has 2 aromatic heterocycles. The first-order valence-corrected chi connectivity index (χ1v) is 11.5. The number of hydrogen-bond donors (Lipinski definition) is 0. The van der Waals surface area contributed by atoms with Crippen LogP contribution < -0.4 is 9.64 Å². The third-order valence-corrected chi connectivity index (χ3v) is 7.11. The first-order valence-electron chi connectivity index (χ1n) is 9.04. The number of nitrogens with zero attached hydrogens (tertiary/aromatic N) is 4. The van der Waals surface area contributed by atoms with E-state index in [4.69, 9.17) is 27.9 Å². The van der Waals surface area contributed by atoms with Crippen molar-refractivity contribution in [2.45, 2.75) is 13.0 Å². The molecular formula is C19H18Cl2N4O2S2. The Bertz CT molecular complexity index is 988. The van der Waals surface area contributed by atoms with Gasteiger partial charge in [-0.05, 0) is 36.6 Å². The minimum atomic E-state index is -0.632. The zero-order chi connectivity index (χ0) is 20.4. The number of benzene rings is 1. The smallest absolute Gasteiger partial charge is 0.263 e. The fraction of sp³-hybridized carbons (Fsp3) is 0.316. The molecule has 0 saturated carbocycles. The summed E-state index contributed by atoms with van der Waals surface area (Å²) in [7, 11) is 0. The average molecular weight is 469 g/mol. The van der Waals surface area contributed by atoms with Crippen molar-refractivity contribution >= 4 is 56.9 Å². The van der Waals surface area contributed by atoms with Crippen LogP contribution >= 0.6 is 45.9 Å². The largest absolute Gasteiger partial charge is 0.479 e. The van der Waals surface area contributed by atoms with E-state index in [1.165, 1.54) is 0 Å². The van der Waals surface area contributed by atoms with Crippen LogP contribution in [0, 0.1) is 0 Å². The van der Waals surface area contributed by atoms with Crippen molar-refractivity contribution in [3.63, 3.8) is 0 Å². The van der Waals surface area contributed by atoms with Crippen molar-refractivity contribution in [3.8, 4) is 15.6 Å². The molecule has 1 unspecified atom stereocenters. The Kier molecular flexibility index (Phi) is 6.24. The summed E-state index contributed by atoms with van der Waals surface area (Å²) in [5, 5.41) is 13.4. The number of carbonyl (C=O) groups excluding carboxylic acids is 1. The Morgan fingerprint density at radius 2 is 1.97 bits per heavy atom. The van der Waals surface area contributed by atoms with Gasteiger partial charge in [-0.15, -0.1) is 21.5 Å². The molecule has 0 N–H and O–H groups in total. The summed E-state index contributed by atoms with van der Waals surface area (Å²) in [6.07, 6.45) is -0.632. The second kappa shape index (κ2) is 8.87. The summed E-state index contributed by atoms with van der Waals surface area (Å²) >= 11 is 15.3. The maximum Gasteiger partial charge on any atom is 0.263 e. The summed E-state index contributed by atoms with van der Waals surface area (Å²) in [4.78, 5) is 17.9. The number of piperazine rings is 1. The first-order chi connectivity index (χ1) is 14.0. The number of aromatic nitrogens is 2. The van der Waals surface area contributed by atoms with E-state index in [2.05, 4.69) is 15.1 Å². The maximum absolute atomic E-state index is 12.8. The lowest BCUT2D eigenvalue weighted by Gasteiger charge is -2.35. The van der Waals surface area contributed by atoms with Gasteiger partial charge in [0, 0.05) is 31.2 Å². The summed E-state index contributed by atoms with van der Waals surface area (Å²) in [6, 6.07) is 9.00. The minimum absolute atomic E-state index is 0.0628. The predicted molar refractivity (Wildman–Crippen MR) is 119 cm³/mol. The number of amides is 1. The lowest BCUT2D eigenvalue weighted by Crippen LogP contribution is -2.52. The molecule has 10 heteroatoms. The van der Waals surface area contributed by atoms with Crippen LogP contribution in [0.15, 0.2) is 35.7 Å². The number of anilines is 1. The molecule has 4 rings (SSSR count). The van der Waals surface area contributed by atoms with Gasteiger partial charge in [0.25, 0.3) is 5.91 Å². The Morgan fingerprint density at radius 3 is 2.66 bits per heavy atom. The van der Waals surface area contributed by atoms with Gasteiger partial charge in [-0.3, -0.25) is 4.79 Å². The molecule has 3 heterocycles. The van der Waals surface area contributed by atoms with Gasteiger partial charge in [0.2, 0.25) is 5.13 Å². The van der Waals surface area contributed by atoms with Crippen LogP contribution in [0.5, 0.6) is 5.75 Å². The molecule has 29 heavy (non-hydrogen) atoms. The van der Waals surface area contributed by atoms with Crippen LogP contribution in [-0.2, 0) is 4.79 Å². The second-order valence-corrected chi connectivity index (χ2v) is 9.26. The van der Waals surface area contributed by atoms with Crippen molar-refractivity contribution in [3.05, 3.63) is 45.8 Å². The molecule has 1 atom stereocenters. The lowest BCUT2D eigenvalue weighted by molar-refractivity contribution is -0.138. The van der Waals surface area contributed by atoms with Crippen LogP contribution in [0.25, 0.3) is 9.88 Å². The third kappa shape index (κ3) is 4.66. The maximum atomic E-state index is 12.8. The molecule has 0 spiro atoms. The molecule has 6 nitrogen and oxygen atoms in total. The van der Waals surface area contributed by atoms with Crippen molar-refractivity contribution in [1.82, 2.24) is 15.1 Å². The summed E-state index contributed by atoms with van der Waals surface area (Å²) in [6.45, 7) is 4.36. The van der Waals surface area contributed by atoms with E-state index in [-0.39, 0.29) is 5.91 Å². The van der Waals surface area contributed by atoms with Gasteiger partial charge in [-0.1, -0.05) is 40.6 Å². The highest BCUT2D eigenvalue weighted by atomic mass is 35.5. The van der Waals surface area contributed by atoms with Gasteiger partial charge in [0.05, 0.1) is 9.90 Å². The van der Waals surface area contributed by atoms with E-state index in [9.17, 15) is 4.79 Å². The quantitative estimate of drug-likeness (QED) is 0.543. The number of ether oxygens (including phenoxy) is 1. The average Bonchev–Trinajstić information content (AvgIpc) is 3.41. The molecule has 1 aromatic carbocycles. The van der Waals surface area contributed by atoms with Crippen LogP contribution in [-0.4, -0.2) is 53.3 Å². The monoisotopic (exact) mass is 468 g/mol. The molecular weight excluding hydrogens is 451 g/mol. The Hall–Kier alpha value is -1.87. The highest BCUT2D eigenvalue weighted by Crippen LogP contribution is 2.32. The van der Waals surface area contributed by atoms with E-state index in [1.807, 2.05) is 22.4 Å². The molecule has 1 aliphatic heterocycles. The van der Waals surface area contributed by atoms with Gasteiger partial charge in [0.15, 0.2) is 11.1 Å². The number of halogens is 2. The van der Waals surface area contributed by atoms with Gasteiger partial charge >= 0.3 is 0 Å². The Labute approximate surface area is 186 Å². The fourth-order valence-corrected chi connectivity index (χ4v) is 5.17. The standard InChI is InChI=1S/C19H18Cl2N4O2S2/c1-12(27-15-5-4-13(20)11-14(15)21)18(26)24-6-8-25(9-7-24)19-23-22-17(29-19)16-3-2-10-28-16/h2-5,10-12H,6-9H2,1H3. The lowest BCUT2D eigenvalue weighted by atomic mass is 10.2. The van der Waals surface area contributed by atoms with Gasteiger partial charge in [0.1, 0.15) is 5.75 Å². The number of rotatable bonds is 5. The van der Waals surface area contributed by atoms with Crippen molar-refractivity contribution in [2.24, 2.45) is 0 Å². The summed E-state index contributed by atoms with van der Waals surface area (Å²) < 4.78 is 5.76. The van der Waals surface area contributed by atoms with Gasteiger partial charge in [-0.25, -0.2) is 0 Å². The van der Waals surface area contributed by atoms with Gasteiger partial charge in [-0.2, -0.15) is 0 Å². The van der Waals surface area contributed by atoms with E-state index >= 15 is 0 Å². The highest BCUT2D eigenvalue weighted by Gasteiger charge is 2.28. The van der Waals surface area contributed by atoms with E-state index in [1.54, 1.807) is 47.8 Å². The third-order valence-electron chi connectivity index (χ3n) is 4.55. The van der Waals surface area contributed by atoms with E-state index in [0.29, 0.717) is 42.0 Å². The van der Waals surface area contributed by atoms with Crippen LogP contribution in [0.2, 0.25) is 10.0 Å². The molecule has 152 valence electrons. The molecule has 0 bridgehead atoms. The first kappa shape index (κ1) is 20.4.